The summed E-state index contributed by atoms with van der Waals surface area (Å²) in [4.78, 5) is 35.3. The highest BCUT2D eigenvalue weighted by Crippen LogP contribution is 2.38. The number of aromatic nitrogens is 2. The Hall–Kier alpha value is -4.86. The minimum atomic E-state index is -5.28. The molecule has 7 nitrogen and oxygen atoms in total. The van der Waals surface area contributed by atoms with Crippen LogP contribution in [0.4, 0.5) is 13.2 Å². The minimum Gasteiger partial charge on any atom is -0.495 e. The molecule has 0 fully saturated rings. The molecular weight excluding hydrogens is 547 g/mol. The number of hydroxylamine groups is 2. The summed E-state index contributed by atoms with van der Waals surface area (Å²) in [6, 6.07) is 20.6. The maximum Gasteiger partial charge on any atom is 0.493 e. The van der Waals surface area contributed by atoms with Gasteiger partial charge in [0, 0.05) is 18.2 Å². The van der Waals surface area contributed by atoms with Crippen molar-refractivity contribution in [3.63, 3.8) is 0 Å². The van der Waals surface area contributed by atoms with Gasteiger partial charge in [0.25, 0.3) is 5.91 Å². The molecule has 1 atom stereocenters. The van der Waals surface area contributed by atoms with Crippen molar-refractivity contribution < 1.29 is 32.3 Å². The van der Waals surface area contributed by atoms with Gasteiger partial charge >= 0.3 is 12.1 Å². The number of imidazole rings is 1. The summed E-state index contributed by atoms with van der Waals surface area (Å²) < 4.78 is 47.5. The van der Waals surface area contributed by atoms with Crippen LogP contribution in [-0.2, 0) is 27.3 Å². The molecule has 0 bridgehead atoms. The lowest BCUT2D eigenvalue weighted by atomic mass is 10.00. The summed E-state index contributed by atoms with van der Waals surface area (Å²) >= 11 is 0. The molecule has 5 rings (SSSR count). The van der Waals surface area contributed by atoms with Crippen LogP contribution in [0.1, 0.15) is 40.4 Å². The van der Waals surface area contributed by atoms with Crippen LogP contribution in [0, 0.1) is 6.92 Å². The topological polar surface area (TPSA) is 73.7 Å². The van der Waals surface area contributed by atoms with Gasteiger partial charge in [0.1, 0.15) is 5.75 Å². The molecular formula is C32H28F3N3O4. The van der Waals surface area contributed by atoms with Crippen molar-refractivity contribution in [2.45, 2.75) is 38.4 Å². The molecule has 0 saturated heterocycles. The molecule has 1 aliphatic carbocycles. The Morgan fingerprint density at radius 3 is 2.50 bits per heavy atom. The van der Waals surface area contributed by atoms with Gasteiger partial charge in [-0.05, 0) is 60.2 Å². The molecule has 3 aromatic carbocycles. The Morgan fingerprint density at radius 1 is 1.07 bits per heavy atom. The third kappa shape index (κ3) is 6.22. The lowest BCUT2D eigenvalue weighted by molar-refractivity contribution is -0.243. The average Bonchev–Trinajstić information content (AvgIpc) is 3.61. The normalized spacial score (nSPS) is 14.8. The molecule has 10 heteroatoms. The predicted molar refractivity (Wildman–Crippen MR) is 149 cm³/mol. The van der Waals surface area contributed by atoms with Crippen molar-refractivity contribution in [2.75, 3.05) is 7.11 Å². The van der Waals surface area contributed by atoms with Crippen LogP contribution in [-0.4, -0.2) is 39.8 Å². The van der Waals surface area contributed by atoms with Crippen molar-refractivity contribution in [1.82, 2.24) is 14.6 Å². The van der Waals surface area contributed by atoms with E-state index in [1.807, 2.05) is 43.5 Å². The molecule has 0 aliphatic heterocycles. The second kappa shape index (κ2) is 11.9. The monoisotopic (exact) mass is 575 g/mol. The molecule has 0 radical (unpaired) electrons. The first kappa shape index (κ1) is 28.7. The van der Waals surface area contributed by atoms with Crippen LogP contribution in [0.3, 0.4) is 0 Å². The molecule has 4 aromatic rings. The van der Waals surface area contributed by atoms with Gasteiger partial charge in [-0.3, -0.25) is 4.79 Å². The Labute approximate surface area is 240 Å². The largest absolute Gasteiger partial charge is 0.495 e. The zero-order valence-corrected chi connectivity index (χ0v) is 23.0. The molecule has 1 heterocycles. The maximum atomic E-state index is 14.1. The Balaban J connectivity index is 1.57. The van der Waals surface area contributed by atoms with E-state index >= 15 is 0 Å². The molecule has 1 amide bonds. The number of amides is 1. The summed E-state index contributed by atoms with van der Waals surface area (Å²) in [5, 5.41) is 0.594. The molecule has 1 aromatic heterocycles. The van der Waals surface area contributed by atoms with E-state index < -0.39 is 24.1 Å². The average molecular weight is 576 g/mol. The first-order chi connectivity index (χ1) is 20.1. The molecule has 42 heavy (non-hydrogen) atoms. The van der Waals surface area contributed by atoms with E-state index in [1.54, 1.807) is 59.4 Å². The Bertz CT molecular complexity index is 1630. The molecule has 216 valence electrons. The zero-order chi connectivity index (χ0) is 29.9. The zero-order valence-electron chi connectivity index (χ0n) is 23.0. The minimum absolute atomic E-state index is 0.0822. The highest BCUT2D eigenvalue weighted by molar-refractivity contribution is 5.99. The summed E-state index contributed by atoms with van der Waals surface area (Å²) in [6.07, 6.45) is 0.702. The van der Waals surface area contributed by atoms with E-state index in [-0.39, 0.29) is 12.0 Å². The highest BCUT2D eigenvalue weighted by Gasteiger charge is 2.45. The van der Waals surface area contributed by atoms with Crippen molar-refractivity contribution >= 4 is 18.0 Å². The van der Waals surface area contributed by atoms with Crippen LogP contribution in [0.25, 0.3) is 11.8 Å². The van der Waals surface area contributed by atoms with Crippen molar-refractivity contribution in [1.29, 1.82) is 0 Å². The van der Waals surface area contributed by atoms with Gasteiger partial charge in [0.2, 0.25) is 0 Å². The number of benzene rings is 3. The van der Waals surface area contributed by atoms with E-state index in [2.05, 4.69) is 4.98 Å². The van der Waals surface area contributed by atoms with E-state index in [1.165, 1.54) is 7.11 Å². The van der Waals surface area contributed by atoms with E-state index in [9.17, 15) is 22.8 Å². The number of carbonyl (C=O) groups is 2. The van der Waals surface area contributed by atoms with Gasteiger partial charge in [-0.25, -0.2) is 9.78 Å². The number of nitrogens with zero attached hydrogens (tertiary/aromatic N) is 3. The summed E-state index contributed by atoms with van der Waals surface area (Å²) in [6.45, 7) is 1.86. The van der Waals surface area contributed by atoms with Gasteiger partial charge < -0.3 is 14.1 Å². The van der Waals surface area contributed by atoms with Crippen LogP contribution in [0.5, 0.6) is 5.75 Å². The van der Waals surface area contributed by atoms with E-state index in [0.29, 0.717) is 34.8 Å². The fraction of sp³-hybridized carbons (Fsp3) is 0.219. The Morgan fingerprint density at radius 2 is 1.81 bits per heavy atom. The number of halogens is 3. The van der Waals surface area contributed by atoms with Crippen LogP contribution in [0.15, 0.2) is 90.9 Å². The third-order valence-electron chi connectivity index (χ3n) is 7.04. The predicted octanol–water partition coefficient (Wildman–Crippen LogP) is 6.35. The van der Waals surface area contributed by atoms with Gasteiger partial charge in [0.15, 0.2) is 0 Å². The number of hydrogen-bond acceptors (Lipinski definition) is 5. The number of carbonyl (C=O) groups excluding carboxylic acids is 2. The number of methoxy groups -OCH3 is 1. The lowest BCUT2D eigenvalue weighted by Gasteiger charge is -2.29. The third-order valence-corrected chi connectivity index (χ3v) is 7.04. The SMILES string of the molecule is COc1cc(/C=C(\Cc2ccccc2)C(=O)N(OC(=O)C(F)(F)F)C2CCc3ccccc32)ccc1-n1cnc(C)c1. The fourth-order valence-corrected chi connectivity index (χ4v) is 5.06. The number of ether oxygens (including phenoxy) is 1. The summed E-state index contributed by atoms with van der Waals surface area (Å²) in [5.41, 5.74) is 4.51. The van der Waals surface area contributed by atoms with Crippen molar-refractivity contribution in [3.8, 4) is 11.4 Å². The first-order valence-electron chi connectivity index (χ1n) is 13.3. The van der Waals surface area contributed by atoms with Gasteiger partial charge in [0.05, 0.1) is 30.9 Å². The van der Waals surface area contributed by atoms with Crippen molar-refractivity contribution in [2.24, 2.45) is 0 Å². The Kier molecular flexibility index (Phi) is 8.15. The van der Waals surface area contributed by atoms with Gasteiger partial charge in [-0.1, -0.05) is 60.7 Å². The van der Waals surface area contributed by atoms with Crippen LogP contribution < -0.4 is 4.74 Å². The second-order valence-corrected chi connectivity index (χ2v) is 9.95. The fourth-order valence-electron chi connectivity index (χ4n) is 5.06. The molecule has 1 unspecified atom stereocenters. The highest BCUT2D eigenvalue weighted by atomic mass is 19.4. The smallest absolute Gasteiger partial charge is 0.493 e. The lowest BCUT2D eigenvalue weighted by Crippen LogP contribution is -2.41. The van der Waals surface area contributed by atoms with E-state index in [4.69, 9.17) is 9.57 Å². The van der Waals surface area contributed by atoms with Gasteiger partial charge in [-0.15, -0.1) is 0 Å². The molecule has 0 spiro atoms. The number of hydrogen-bond donors (Lipinski definition) is 0. The maximum absolute atomic E-state index is 14.1. The van der Waals surface area contributed by atoms with Gasteiger partial charge in [-0.2, -0.15) is 18.2 Å². The molecule has 1 aliphatic rings. The number of aryl methyl sites for hydroxylation is 2. The van der Waals surface area contributed by atoms with Crippen LogP contribution in [0.2, 0.25) is 0 Å². The first-order valence-corrected chi connectivity index (χ1v) is 13.3. The van der Waals surface area contributed by atoms with Crippen LogP contribution >= 0.6 is 0 Å². The summed E-state index contributed by atoms with van der Waals surface area (Å²) in [5.74, 6) is -2.80. The number of alkyl halides is 3. The molecule has 0 saturated carbocycles. The molecule has 0 N–H and O–H groups in total. The van der Waals surface area contributed by atoms with Crippen molar-refractivity contribution in [3.05, 3.63) is 119 Å². The second-order valence-electron chi connectivity index (χ2n) is 9.95. The standard InChI is InChI=1S/C32H28F3N3O4/c1-21-19-37(20-36-21)28-14-12-23(18-29(28)41-2)17-25(16-22-8-4-3-5-9-22)30(39)38(42-31(40)32(33,34)35)27-15-13-24-10-6-7-11-26(24)27/h3-12,14,17-20,27H,13,15-16H2,1-2H3/b25-17+. The number of rotatable bonds is 7. The number of fused-ring (bicyclic) bond motifs is 1. The quantitative estimate of drug-likeness (QED) is 0.190. The van der Waals surface area contributed by atoms with E-state index in [0.717, 1.165) is 22.5 Å². The summed E-state index contributed by atoms with van der Waals surface area (Å²) in [7, 11) is 1.52.